The number of hydrogen-bond donors (Lipinski definition) is 4. The highest BCUT2D eigenvalue weighted by Crippen LogP contribution is 2.30. The smallest absolute Gasteiger partial charge is 0.290 e. The third-order valence-corrected chi connectivity index (χ3v) is 6.41. The monoisotopic (exact) mass is 449 g/mol. The summed E-state index contributed by atoms with van der Waals surface area (Å²) in [6.07, 6.45) is 10.1. The van der Waals surface area contributed by atoms with E-state index >= 15 is 0 Å². The van der Waals surface area contributed by atoms with Crippen LogP contribution in [0.3, 0.4) is 0 Å². The van der Waals surface area contributed by atoms with Gasteiger partial charge in [-0.15, -0.1) is 0 Å². The van der Waals surface area contributed by atoms with Crippen LogP contribution in [-0.2, 0) is 25.5 Å². The number of hydrogen-bond acceptors (Lipinski definition) is 6. The first-order valence-electron chi connectivity index (χ1n) is 11.6. The predicted molar refractivity (Wildman–Crippen MR) is 117 cm³/mol. The number of carboxylic acid groups (broad SMARTS) is 1. The fourth-order valence-corrected chi connectivity index (χ4v) is 4.46. The van der Waals surface area contributed by atoms with Crippen LogP contribution >= 0.6 is 0 Å². The number of nitrogens with zero attached hydrogens (tertiary/aromatic N) is 2. The summed E-state index contributed by atoms with van der Waals surface area (Å²) in [6, 6.07) is 0.568. The number of aromatic amines is 1. The standard InChI is InChI=1S/C21H33N5O3.CH2O2/c27-20(22-8-5-15-11-23-24-12-15)17-3-4-18(25-21(28)16-1-2-16)14-26(13-17)19-6-9-29-10-7-19;2-1-3/h11-12,16-19H,1-10,13-14H2,(H,22,27)(H,23,24)(H,25,28);1H,(H,2,3)/t17-,18+;/m1./s1. The van der Waals surface area contributed by atoms with Crippen molar-refractivity contribution in [2.75, 3.05) is 32.8 Å². The molecule has 1 aliphatic carbocycles. The Labute approximate surface area is 188 Å². The van der Waals surface area contributed by atoms with Crippen molar-refractivity contribution in [1.82, 2.24) is 25.7 Å². The summed E-state index contributed by atoms with van der Waals surface area (Å²) in [5, 5.41) is 20.0. The molecule has 0 unspecified atom stereocenters. The third kappa shape index (κ3) is 7.59. The molecule has 1 aromatic rings. The van der Waals surface area contributed by atoms with Gasteiger partial charge in [0.1, 0.15) is 0 Å². The molecule has 0 bridgehead atoms. The minimum absolute atomic E-state index is 0.0370. The van der Waals surface area contributed by atoms with E-state index in [2.05, 4.69) is 25.7 Å². The number of carbonyl (C=O) groups is 3. The Hall–Kier alpha value is -2.46. The molecule has 2 amide bonds. The van der Waals surface area contributed by atoms with Gasteiger partial charge in [-0.05, 0) is 50.5 Å². The van der Waals surface area contributed by atoms with E-state index in [0.717, 1.165) is 76.8 Å². The Bertz CT molecular complexity index is 718. The van der Waals surface area contributed by atoms with Gasteiger partial charge in [-0.25, -0.2) is 0 Å². The van der Waals surface area contributed by atoms with Crippen LogP contribution in [0.1, 0.15) is 44.1 Å². The van der Waals surface area contributed by atoms with E-state index in [-0.39, 0.29) is 36.2 Å². The lowest BCUT2D eigenvalue weighted by atomic mass is 10.00. The summed E-state index contributed by atoms with van der Waals surface area (Å²) in [7, 11) is 0. The van der Waals surface area contributed by atoms with Gasteiger partial charge in [0.25, 0.3) is 6.47 Å². The summed E-state index contributed by atoms with van der Waals surface area (Å²) < 4.78 is 5.53. The van der Waals surface area contributed by atoms with Gasteiger partial charge in [0.05, 0.1) is 12.1 Å². The molecule has 1 aromatic heterocycles. The summed E-state index contributed by atoms with van der Waals surface area (Å²) in [5.74, 6) is 0.506. The second-order valence-corrected chi connectivity index (χ2v) is 8.80. The van der Waals surface area contributed by atoms with Crippen LogP contribution in [0, 0.1) is 11.8 Å². The third-order valence-electron chi connectivity index (χ3n) is 6.41. The van der Waals surface area contributed by atoms with Crippen LogP contribution in [-0.4, -0.2) is 83.4 Å². The first kappa shape index (κ1) is 24.2. The average Bonchev–Trinajstić information content (AvgIpc) is 3.56. The molecule has 10 nitrogen and oxygen atoms in total. The molecule has 0 aromatic carbocycles. The molecule has 2 atom stereocenters. The second-order valence-electron chi connectivity index (χ2n) is 8.80. The molecular formula is C22H35N5O5. The van der Waals surface area contributed by atoms with Crippen LogP contribution in [0.15, 0.2) is 12.4 Å². The quantitative estimate of drug-likeness (QED) is 0.446. The number of amides is 2. The molecule has 4 N–H and O–H groups in total. The van der Waals surface area contributed by atoms with E-state index in [1.54, 1.807) is 6.20 Å². The molecule has 2 aliphatic heterocycles. The highest BCUT2D eigenvalue weighted by molar-refractivity contribution is 5.81. The summed E-state index contributed by atoms with van der Waals surface area (Å²) in [6.45, 7) is 3.53. The number of carbonyl (C=O) groups excluding carboxylic acids is 2. The molecule has 0 radical (unpaired) electrons. The maximum atomic E-state index is 12.9. The molecule has 32 heavy (non-hydrogen) atoms. The molecule has 3 fully saturated rings. The van der Waals surface area contributed by atoms with Gasteiger partial charge in [0.15, 0.2) is 0 Å². The lowest BCUT2D eigenvalue weighted by Crippen LogP contribution is -2.49. The summed E-state index contributed by atoms with van der Waals surface area (Å²) >= 11 is 0. The minimum Gasteiger partial charge on any atom is -0.483 e. The van der Waals surface area contributed by atoms with Crippen molar-refractivity contribution in [3.63, 3.8) is 0 Å². The van der Waals surface area contributed by atoms with Gasteiger partial charge in [0, 0.05) is 57.0 Å². The Morgan fingerprint density at radius 3 is 2.50 bits per heavy atom. The Morgan fingerprint density at radius 1 is 1.12 bits per heavy atom. The first-order valence-corrected chi connectivity index (χ1v) is 11.6. The Kier molecular flexibility index (Phi) is 9.48. The van der Waals surface area contributed by atoms with Crippen LogP contribution in [0.4, 0.5) is 0 Å². The van der Waals surface area contributed by atoms with E-state index in [1.165, 1.54) is 0 Å². The molecular weight excluding hydrogens is 414 g/mol. The van der Waals surface area contributed by atoms with Crippen molar-refractivity contribution in [1.29, 1.82) is 0 Å². The molecule has 1 saturated carbocycles. The summed E-state index contributed by atoms with van der Waals surface area (Å²) in [5.41, 5.74) is 1.10. The maximum Gasteiger partial charge on any atom is 0.290 e. The van der Waals surface area contributed by atoms with Crippen molar-refractivity contribution in [3.8, 4) is 0 Å². The predicted octanol–water partition coefficient (Wildman–Crippen LogP) is 0.555. The number of likely N-dealkylation sites (tertiary alicyclic amines) is 1. The highest BCUT2D eigenvalue weighted by atomic mass is 16.5. The van der Waals surface area contributed by atoms with E-state index in [0.29, 0.717) is 12.6 Å². The minimum atomic E-state index is -0.250. The first-order chi connectivity index (χ1) is 15.6. The molecule has 2 saturated heterocycles. The number of H-pyrrole nitrogens is 1. The van der Waals surface area contributed by atoms with Gasteiger partial charge in [-0.3, -0.25) is 24.4 Å². The zero-order valence-corrected chi connectivity index (χ0v) is 18.5. The largest absolute Gasteiger partial charge is 0.483 e. The normalized spacial score (nSPS) is 24.5. The van der Waals surface area contributed by atoms with Gasteiger partial charge < -0.3 is 20.5 Å². The fourth-order valence-electron chi connectivity index (χ4n) is 4.46. The molecule has 10 heteroatoms. The van der Waals surface area contributed by atoms with Crippen LogP contribution in [0.2, 0.25) is 0 Å². The van der Waals surface area contributed by atoms with E-state index in [9.17, 15) is 9.59 Å². The van der Waals surface area contributed by atoms with Gasteiger partial charge >= 0.3 is 0 Å². The lowest BCUT2D eigenvalue weighted by Gasteiger charge is -2.36. The van der Waals surface area contributed by atoms with Crippen molar-refractivity contribution in [2.45, 2.75) is 57.0 Å². The van der Waals surface area contributed by atoms with E-state index in [1.807, 2.05) is 6.20 Å². The zero-order chi connectivity index (χ0) is 22.8. The van der Waals surface area contributed by atoms with Crippen molar-refractivity contribution >= 4 is 18.3 Å². The molecule has 3 aliphatic rings. The van der Waals surface area contributed by atoms with Crippen molar-refractivity contribution < 1.29 is 24.2 Å². The average molecular weight is 450 g/mol. The SMILES string of the molecule is O=C(N[C@H]1CC[C@@H](C(=O)NCCc2cn[nH]c2)CN(C2CCOCC2)C1)C1CC1.O=CO. The number of nitrogens with one attached hydrogen (secondary N) is 3. The molecule has 4 rings (SSSR count). The lowest BCUT2D eigenvalue weighted by molar-refractivity contribution is -0.126. The van der Waals surface area contributed by atoms with Gasteiger partial charge in [0.2, 0.25) is 11.8 Å². The Balaban J connectivity index is 0.000000913. The van der Waals surface area contributed by atoms with E-state index in [4.69, 9.17) is 14.6 Å². The number of aromatic nitrogens is 2. The van der Waals surface area contributed by atoms with Crippen molar-refractivity contribution in [3.05, 3.63) is 18.0 Å². The second kappa shape index (κ2) is 12.5. The number of rotatable bonds is 7. The molecule has 178 valence electrons. The van der Waals surface area contributed by atoms with Crippen molar-refractivity contribution in [2.24, 2.45) is 11.8 Å². The van der Waals surface area contributed by atoms with Crippen LogP contribution in [0.5, 0.6) is 0 Å². The molecule has 3 heterocycles. The highest BCUT2D eigenvalue weighted by Gasteiger charge is 2.35. The summed E-state index contributed by atoms with van der Waals surface area (Å²) in [4.78, 5) is 36.0. The maximum absolute atomic E-state index is 12.9. The van der Waals surface area contributed by atoms with Crippen LogP contribution in [0.25, 0.3) is 0 Å². The number of ether oxygens (including phenoxy) is 1. The van der Waals surface area contributed by atoms with Gasteiger partial charge in [-0.1, -0.05) is 0 Å². The fraction of sp³-hybridized carbons (Fsp3) is 0.727. The Morgan fingerprint density at radius 2 is 1.84 bits per heavy atom. The van der Waals surface area contributed by atoms with Crippen LogP contribution < -0.4 is 10.6 Å². The topological polar surface area (TPSA) is 137 Å². The van der Waals surface area contributed by atoms with Gasteiger partial charge in [-0.2, -0.15) is 5.10 Å². The molecule has 0 spiro atoms. The van der Waals surface area contributed by atoms with E-state index < -0.39 is 0 Å². The zero-order valence-electron chi connectivity index (χ0n) is 18.5.